The van der Waals surface area contributed by atoms with Gasteiger partial charge in [0.15, 0.2) is 0 Å². The molecule has 0 spiro atoms. The Morgan fingerprint density at radius 1 is 1.31 bits per heavy atom. The fourth-order valence-electron chi connectivity index (χ4n) is 1.14. The first-order valence-electron chi connectivity index (χ1n) is 4.65. The summed E-state index contributed by atoms with van der Waals surface area (Å²) in [5.74, 6) is 0.325. The van der Waals surface area contributed by atoms with Crippen molar-refractivity contribution >= 4 is 27.5 Å². The van der Waals surface area contributed by atoms with Crippen LogP contribution in [0.4, 0.5) is 0 Å². The third-order valence-corrected chi connectivity index (χ3v) is 2.75. The van der Waals surface area contributed by atoms with Crippen molar-refractivity contribution in [2.75, 3.05) is 0 Å². The second kappa shape index (κ2) is 5.37. The Kier molecular flexibility index (Phi) is 3.85. The van der Waals surface area contributed by atoms with Crippen LogP contribution in [0.2, 0.25) is 0 Å². The predicted octanol–water partition coefficient (Wildman–Crippen LogP) is 3.75. The van der Waals surface area contributed by atoms with Crippen molar-refractivity contribution in [3.8, 4) is 6.08 Å². The van der Waals surface area contributed by atoms with Crippen LogP contribution in [0.3, 0.4) is 0 Å². The summed E-state index contributed by atoms with van der Waals surface area (Å²) in [6.45, 7) is 0.426. The summed E-state index contributed by atoms with van der Waals surface area (Å²) in [5, 5.41) is 0. The molecule has 5 heteroatoms. The molecule has 0 bridgehead atoms. The van der Waals surface area contributed by atoms with Gasteiger partial charge in [-0.15, -0.1) is 11.6 Å². The summed E-state index contributed by atoms with van der Waals surface area (Å²) < 4.78 is 11.5. The van der Waals surface area contributed by atoms with Crippen LogP contribution in [-0.2, 0) is 12.5 Å². The highest BCUT2D eigenvalue weighted by molar-refractivity contribution is 9.10. The summed E-state index contributed by atoms with van der Waals surface area (Å²) in [4.78, 5) is 4.03. The zero-order chi connectivity index (χ0) is 11.4. The molecule has 84 valence electrons. The quantitative estimate of drug-likeness (QED) is 0.807. The number of ether oxygens (including phenoxy) is 1. The fourth-order valence-corrected chi connectivity index (χ4v) is 1.53. The normalized spacial score (nSPS) is 10.4. The maximum atomic E-state index is 5.59. The SMILES string of the molecule is ClCc1coc(OCc2ccc(Br)cc2)n1. The number of benzene rings is 1. The minimum atomic E-state index is 0.249. The van der Waals surface area contributed by atoms with E-state index in [1.807, 2.05) is 24.3 Å². The number of nitrogens with zero attached hydrogens (tertiary/aromatic N) is 1. The van der Waals surface area contributed by atoms with E-state index in [0.717, 1.165) is 10.0 Å². The molecule has 0 saturated carbocycles. The van der Waals surface area contributed by atoms with Crippen molar-refractivity contribution in [1.82, 2.24) is 4.98 Å². The minimum Gasteiger partial charge on any atom is -0.445 e. The molecule has 0 radical (unpaired) electrons. The van der Waals surface area contributed by atoms with E-state index in [1.165, 1.54) is 6.26 Å². The molecule has 1 aromatic carbocycles. The smallest absolute Gasteiger partial charge is 0.394 e. The van der Waals surface area contributed by atoms with Crippen molar-refractivity contribution in [2.45, 2.75) is 12.5 Å². The van der Waals surface area contributed by atoms with Crippen LogP contribution in [-0.4, -0.2) is 4.98 Å². The van der Waals surface area contributed by atoms with Crippen LogP contribution in [0, 0.1) is 0 Å². The molecule has 2 rings (SSSR count). The second-order valence-corrected chi connectivity index (χ2v) is 4.34. The van der Waals surface area contributed by atoms with E-state index in [1.54, 1.807) is 0 Å². The number of hydrogen-bond acceptors (Lipinski definition) is 3. The van der Waals surface area contributed by atoms with Crippen molar-refractivity contribution in [1.29, 1.82) is 0 Å². The molecular weight excluding hydrogens is 293 g/mol. The van der Waals surface area contributed by atoms with Gasteiger partial charge < -0.3 is 9.15 Å². The third kappa shape index (κ3) is 3.00. The maximum absolute atomic E-state index is 5.59. The number of aromatic nitrogens is 1. The topological polar surface area (TPSA) is 35.3 Å². The van der Waals surface area contributed by atoms with Gasteiger partial charge in [0.05, 0.1) is 11.6 Å². The fraction of sp³-hybridized carbons (Fsp3) is 0.182. The lowest BCUT2D eigenvalue weighted by Crippen LogP contribution is -1.95. The lowest BCUT2D eigenvalue weighted by Gasteiger charge is -2.01. The second-order valence-electron chi connectivity index (χ2n) is 3.15. The van der Waals surface area contributed by atoms with Gasteiger partial charge in [0, 0.05) is 4.47 Å². The molecule has 16 heavy (non-hydrogen) atoms. The van der Waals surface area contributed by atoms with Gasteiger partial charge in [0.25, 0.3) is 0 Å². The Labute approximate surface area is 107 Å². The molecule has 3 nitrogen and oxygen atoms in total. The van der Waals surface area contributed by atoms with E-state index in [2.05, 4.69) is 20.9 Å². The highest BCUT2D eigenvalue weighted by Gasteiger charge is 2.04. The van der Waals surface area contributed by atoms with Crippen LogP contribution < -0.4 is 4.74 Å². The molecule has 2 aromatic rings. The first-order chi connectivity index (χ1) is 7.78. The Bertz CT molecular complexity index is 455. The number of halogens is 2. The number of hydrogen-bond donors (Lipinski definition) is 0. The molecule has 0 N–H and O–H groups in total. The van der Waals surface area contributed by atoms with E-state index in [-0.39, 0.29) is 6.08 Å². The van der Waals surface area contributed by atoms with Gasteiger partial charge in [-0.3, -0.25) is 0 Å². The van der Waals surface area contributed by atoms with Gasteiger partial charge in [0.1, 0.15) is 12.9 Å². The Morgan fingerprint density at radius 2 is 2.06 bits per heavy atom. The lowest BCUT2D eigenvalue weighted by molar-refractivity contribution is 0.220. The van der Waals surface area contributed by atoms with E-state index in [0.29, 0.717) is 18.2 Å². The number of alkyl halides is 1. The molecular formula is C11H9BrClNO2. The molecule has 0 fully saturated rings. The zero-order valence-electron chi connectivity index (χ0n) is 8.32. The number of oxazole rings is 1. The molecule has 1 aromatic heterocycles. The molecule has 0 aliphatic heterocycles. The standard InChI is InChI=1S/C11H9BrClNO2/c12-9-3-1-8(2-4-9)6-15-11-14-10(5-13)7-16-11/h1-4,7H,5-6H2. The number of rotatable bonds is 4. The Hall–Kier alpha value is -1.00. The van der Waals surface area contributed by atoms with E-state index in [9.17, 15) is 0 Å². The van der Waals surface area contributed by atoms with E-state index < -0.39 is 0 Å². The summed E-state index contributed by atoms with van der Waals surface area (Å²) in [6, 6.07) is 7.85. The van der Waals surface area contributed by atoms with Gasteiger partial charge in [-0.05, 0) is 17.7 Å². The average Bonchev–Trinajstić information content (AvgIpc) is 2.76. The van der Waals surface area contributed by atoms with Gasteiger partial charge in [-0.25, -0.2) is 0 Å². The predicted molar refractivity (Wildman–Crippen MR) is 64.5 cm³/mol. The summed E-state index contributed by atoms with van der Waals surface area (Å²) >= 11 is 8.96. The molecule has 0 atom stereocenters. The highest BCUT2D eigenvalue weighted by Crippen LogP contribution is 2.15. The van der Waals surface area contributed by atoms with Gasteiger partial charge in [-0.1, -0.05) is 28.1 Å². The van der Waals surface area contributed by atoms with Crippen molar-refractivity contribution in [3.63, 3.8) is 0 Å². The minimum absolute atomic E-state index is 0.249. The first kappa shape index (κ1) is 11.5. The largest absolute Gasteiger partial charge is 0.445 e. The zero-order valence-corrected chi connectivity index (χ0v) is 10.7. The molecule has 0 amide bonds. The molecule has 0 saturated heterocycles. The van der Waals surface area contributed by atoms with E-state index >= 15 is 0 Å². The molecule has 0 aliphatic rings. The van der Waals surface area contributed by atoms with Gasteiger partial charge in [-0.2, -0.15) is 4.98 Å². The van der Waals surface area contributed by atoms with Crippen LogP contribution >= 0.6 is 27.5 Å². The van der Waals surface area contributed by atoms with Crippen molar-refractivity contribution in [2.24, 2.45) is 0 Å². The Morgan fingerprint density at radius 3 is 2.69 bits per heavy atom. The third-order valence-electron chi connectivity index (χ3n) is 1.94. The highest BCUT2D eigenvalue weighted by atomic mass is 79.9. The van der Waals surface area contributed by atoms with Crippen molar-refractivity contribution < 1.29 is 9.15 Å². The lowest BCUT2D eigenvalue weighted by atomic mass is 10.2. The monoisotopic (exact) mass is 301 g/mol. The Balaban J connectivity index is 1.94. The average molecular weight is 303 g/mol. The van der Waals surface area contributed by atoms with Gasteiger partial charge in [0.2, 0.25) is 0 Å². The van der Waals surface area contributed by atoms with Crippen molar-refractivity contribution in [3.05, 3.63) is 46.3 Å². The van der Waals surface area contributed by atoms with Crippen LogP contribution in [0.15, 0.2) is 39.4 Å². The molecule has 0 unspecified atom stereocenters. The van der Waals surface area contributed by atoms with Crippen LogP contribution in [0.1, 0.15) is 11.3 Å². The van der Waals surface area contributed by atoms with Crippen LogP contribution in [0.5, 0.6) is 6.08 Å². The molecule has 0 aliphatic carbocycles. The maximum Gasteiger partial charge on any atom is 0.394 e. The first-order valence-corrected chi connectivity index (χ1v) is 5.98. The van der Waals surface area contributed by atoms with E-state index in [4.69, 9.17) is 20.8 Å². The summed E-state index contributed by atoms with van der Waals surface area (Å²) in [5.41, 5.74) is 1.72. The van der Waals surface area contributed by atoms with Gasteiger partial charge >= 0.3 is 6.08 Å². The summed E-state index contributed by atoms with van der Waals surface area (Å²) in [7, 11) is 0. The van der Waals surface area contributed by atoms with Crippen LogP contribution in [0.25, 0.3) is 0 Å². The molecule has 1 heterocycles. The summed E-state index contributed by atoms with van der Waals surface area (Å²) in [6.07, 6.45) is 1.74.